The molecule has 1 aliphatic heterocycles. The Hall–Kier alpha value is -0.120. The third-order valence-corrected chi connectivity index (χ3v) is 3.88. The van der Waals surface area contributed by atoms with Crippen LogP contribution in [0.1, 0.15) is 46.0 Å². The summed E-state index contributed by atoms with van der Waals surface area (Å²) in [6.07, 6.45) is 6.92. The monoisotopic (exact) mass is 242 g/mol. The molecular weight excluding hydrogens is 212 g/mol. The van der Waals surface area contributed by atoms with Crippen molar-refractivity contribution in [1.29, 1.82) is 0 Å². The maximum Gasteiger partial charge on any atom is 0.0711 e. The second kappa shape index (κ2) is 8.90. The van der Waals surface area contributed by atoms with Crippen molar-refractivity contribution < 1.29 is 4.74 Å². The summed E-state index contributed by atoms with van der Waals surface area (Å²) in [5, 5.41) is 7.12. The Labute approximate surface area is 107 Å². The molecule has 1 heterocycles. The Bertz CT molecular complexity index is 185. The van der Waals surface area contributed by atoms with E-state index in [1.165, 1.54) is 32.2 Å². The minimum Gasteiger partial charge on any atom is -0.380 e. The lowest BCUT2D eigenvalue weighted by atomic mass is 9.99. The Balaban J connectivity index is 2.06. The Morgan fingerprint density at radius 2 is 2.24 bits per heavy atom. The highest BCUT2D eigenvalue weighted by molar-refractivity contribution is 4.83. The van der Waals surface area contributed by atoms with Crippen LogP contribution in [0.25, 0.3) is 0 Å². The third-order valence-electron chi connectivity index (χ3n) is 3.88. The normalized spacial score (nSPS) is 26.3. The highest BCUT2D eigenvalue weighted by Gasteiger charge is 2.23. The van der Waals surface area contributed by atoms with E-state index in [2.05, 4.69) is 24.5 Å². The second-order valence-electron chi connectivity index (χ2n) is 5.27. The van der Waals surface area contributed by atoms with E-state index >= 15 is 0 Å². The SMILES string of the molecule is CCCCC(CC)CNCC1CC(OC)CN1. The highest BCUT2D eigenvalue weighted by Crippen LogP contribution is 2.12. The number of nitrogens with one attached hydrogen (secondary N) is 2. The van der Waals surface area contributed by atoms with Crippen molar-refractivity contribution in [2.45, 2.75) is 58.1 Å². The number of hydrogen-bond donors (Lipinski definition) is 2. The largest absolute Gasteiger partial charge is 0.380 e. The van der Waals surface area contributed by atoms with Gasteiger partial charge in [0.2, 0.25) is 0 Å². The van der Waals surface area contributed by atoms with Crippen LogP contribution in [0.2, 0.25) is 0 Å². The van der Waals surface area contributed by atoms with Gasteiger partial charge in [-0.05, 0) is 25.3 Å². The van der Waals surface area contributed by atoms with Gasteiger partial charge in [0.15, 0.2) is 0 Å². The molecule has 0 saturated carbocycles. The zero-order chi connectivity index (χ0) is 12.5. The van der Waals surface area contributed by atoms with Gasteiger partial charge in [0.05, 0.1) is 6.10 Å². The Morgan fingerprint density at radius 3 is 2.82 bits per heavy atom. The lowest BCUT2D eigenvalue weighted by Gasteiger charge is -2.17. The van der Waals surface area contributed by atoms with Crippen LogP contribution in [-0.2, 0) is 4.74 Å². The summed E-state index contributed by atoms with van der Waals surface area (Å²) in [7, 11) is 1.81. The highest BCUT2D eigenvalue weighted by atomic mass is 16.5. The summed E-state index contributed by atoms with van der Waals surface area (Å²) in [5.41, 5.74) is 0. The number of rotatable bonds is 9. The molecule has 1 rings (SSSR count). The van der Waals surface area contributed by atoms with Crippen LogP contribution in [0.4, 0.5) is 0 Å². The van der Waals surface area contributed by atoms with Crippen molar-refractivity contribution in [3.8, 4) is 0 Å². The molecule has 0 radical (unpaired) electrons. The van der Waals surface area contributed by atoms with Gasteiger partial charge in [-0.2, -0.15) is 0 Å². The molecule has 1 saturated heterocycles. The first-order chi connectivity index (χ1) is 8.30. The number of unbranched alkanes of at least 4 members (excludes halogenated alkanes) is 1. The average Bonchev–Trinajstić information content (AvgIpc) is 2.81. The predicted molar refractivity (Wildman–Crippen MR) is 73.4 cm³/mol. The first-order valence-corrected chi connectivity index (χ1v) is 7.27. The van der Waals surface area contributed by atoms with Gasteiger partial charge in [-0.15, -0.1) is 0 Å². The van der Waals surface area contributed by atoms with Gasteiger partial charge in [-0.1, -0.05) is 33.1 Å². The van der Waals surface area contributed by atoms with Crippen molar-refractivity contribution in [2.24, 2.45) is 5.92 Å². The molecule has 0 aromatic carbocycles. The first-order valence-electron chi connectivity index (χ1n) is 7.27. The third kappa shape index (κ3) is 5.84. The van der Waals surface area contributed by atoms with E-state index in [9.17, 15) is 0 Å². The summed E-state index contributed by atoms with van der Waals surface area (Å²) in [5.74, 6) is 0.856. The molecule has 3 heteroatoms. The van der Waals surface area contributed by atoms with E-state index in [4.69, 9.17) is 4.74 Å². The van der Waals surface area contributed by atoms with Gasteiger partial charge >= 0.3 is 0 Å². The van der Waals surface area contributed by atoms with Crippen molar-refractivity contribution >= 4 is 0 Å². The molecule has 0 aliphatic carbocycles. The molecule has 0 aromatic rings. The molecule has 0 amide bonds. The van der Waals surface area contributed by atoms with E-state index < -0.39 is 0 Å². The van der Waals surface area contributed by atoms with E-state index in [1.807, 2.05) is 0 Å². The van der Waals surface area contributed by atoms with Crippen LogP contribution in [0.5, 0.6) is 0 Å². The molecule has 1 fully saturated rings. The molecule has 102 valence electrons. The minimum atomic E-state index is 0.420. The van der Waals surface area contributed by atoms with Crippen LogP contribution < -0.4 is 10.6 Å². The Morgan fingerprint density at radius 1 is 1.41 bits per heavy atom. The van der Waals surface area contributed by atoms with Crippen molar-refractivity contribution in [1.82, 2.24) is 10.6 Å². The summed E-state index contributed by atoms with van der Waals surface area (Å²) in [6.45, 7) is 7.84. The van der Waals surface area contributed by atoms with Crippen LogP contribution in [0.3, 0.4) is 0 Å². The fourth-order valence-electron chi connectivity index (χ4n) is 2.52. The molecule has 3 atom stereocenters. The zero-order valence-corrected chi connectivity index (χ0v) is 11.8. The summed E-state index contributed by atoms with van der Waals surface area (Å²) >= 11 is 0. The molecule has 1 aliphatic rings. The molecule has 0 bridgehead atoms. The molecule has 2 N–H and O–H groups in total. The van der Waals surface area contributed by atoms with Gasteiger partial charge in [0.1, 0.15) is 0 Å². The molecule has 3 unspecified atom stereocenters. The number of hydrogen-bond acceptors (Lipinski definition) is 3. The van der Waals surface area contributed by atoms with Gasteiger partial charge in [0, 0.05) is 26.2 Å². The van der Waals surface area contributed by atoms with E-state index in [0.717, 1.165) is 25.4 Å². The van der Waals surface area contributed by atoms with Crippen LogP contribution in [-0.4, -0.2) is 38.9 Å². The predicted octanol–water partition coefficient (Wildman–Crippen LogP) is 2.17. The molecule has 17 heavy (non-hydrogen) atoms. The fraction of sp³-hybridized carbons (Fsp3) is 1.00. The van der Waals surface area contributed by atoms with Gasteiger partial charge < -0.3 is 15.4 Å². The van der Waals surface area contributed by atoms with E-state index in [1.54, 1.807) is 7.11 Å². The zero-order valence-electron chi connectivity index (χ0n) is 11.8. The van der Waals surface area contributed by atoms with Gasteiger partial charge in [-0.3, -0.25) is 0 Å². The standard InChI is InChI=1S/C14H30N2O/c1-4-6-7-12(5-2)9-15-10-13-8-14(17-3)11-16-13/h12-16H,4-11H2,1-3H3. The van der Waals surface area contributed by atoms with Gasteiger partial charge in [0.25, 0.3) is 0 Å². The van der Waals surface area contributed by atoms with Gasteiger partial charge in [-0.25, -0.2) is 0 Å². The van der Waals surface area contributed by atoms with Crippen molar-refractivity contribution in [3.63, 3.8) is 0 Å². The number of ether oxygens (including phenoxy) is 1. The maximum absolute atomic E-state index is 5.35. The van der Waals surface area contributed by atoms with Crippen LogP contribution in [0.15, 0.2) is 0 Å². The van der Waals surface area contributed by atoms with Crippen LogP contribution >= 0.6 is 0 Å². The van der Waals surface area contributed by atoms with Crippen molar-refractivity contribution in [2.75, 3.05) is 26.7 Å². The smallest absolute Gasteiger partial charge is 0.0711 e. The lowest BCUT2D eigenvalue weighted by Crippen LogP contribution is -2.36. The fourth-order valence-corrected chi connectivity index (χ4v) is 2.52. The quantitative estimate of drug-likeness (QED) is 0.650. The second-order valence-corrected chi connectivity index (χ2v) is 5.27. The summed E-state index contributed by atoms with van der Waals surface area (Å²) in [4.78, 5) is 0. The summed E-state index contributed by atoms with van der Waals surface area (Å²) < 4.78 is 5.35. The average molecular weight is 242 g/mol. The Kier molecular flexibility index (Phi) is 7.82. The number of methoxy groups -OCH3 is 1. The van der Waals surface area contributed by atoms with Crippen molar-refractivity contribution in [3.05, 3.63) is 0 Å². The summed E-state index contributed by atoms with van der Waals surface area (Å²) in [6, 6.07) is 0.601. The van der Waals surface area contributed by atoms with E-state index in [0.29, 0.717) is 12.1 Å². The molecular formula is C14H30N2O. The maximum atomic E-state index is 5.35. The topological polar surface area (TPSA) is 33.3 Å². The molecule has 0 aromatic heterocycles. The minimum absolute atomic E-state index is 0.420. The molecule has 0 spiro atoms. The van der Waals surface area contributed by atoms with E-state index in [-0.39, 0.29) is 0 Å². The molecule has 3 nitrogen and oxygen atoms in total. The lowest BCUT2D eigenvalue weighted by molar-refractivity contribution is 0.117. The van der Waals surface area contributed by atoms with Crippen LogP contribution in [0, 0.1) is 5.92 Å². The first kappa shape index (κ1) is 14.9.